The van der Waals surface area contributed by atoms with Gasteiger partial charge in [0.25, 0.3) is 10.1 Å². The fraction of sp³-hybridized carbons (Fsp3) is 0.189. The molecule has 9 heteroatoms. The summed E-state index contributed by atoms with van der Waals surface area (Å²) in [4.78, 5) is -0.175. The molecular formula is C37H35BrO7S. The SMILES string of the molecule is COc1ccc(C(OCC(Cc2cc(S(=O)(=O)O)ccc2C)Oc2ccc(Br)cc2)(c2ccccc2)c2ccc(OC)cc2)cc1. The van der Waals surface area contributed by atoms with Crippen molar-refractivity contribution in [2.24, 2.45) is 0 Å². The van der Waals surface area contributed by atoms with Crippen LogP contribution in [0.25, 0.3) is 0 Å². The second kappa shape index (κ2) is 14.5. The molecule has 0 radical (unpaired) electrons. The summed E-state index contributed by atoms with van der Waals surface area (Å²) in [5.41, 5.74) is 3.13. The topological polar surface area (TPSA) is 91.3 Å². The number of methoxy groups -OCH3 is 2. The molecule has 46 heavy (non-hydrogen) atoms. The van der Waals surface area contributed by atoms with Crippen LogP contribution >= 0.6 is 15.9 Å². The van der Waals surface area contributed by atoms with Crippen molar-refractivity contribution in [2.75, 3.05) is 20.8 Å². The summed E-state index contributed by atoms with van der Waals surface area (Å²) in [5, 5.41) is 0. The summed E-state index contributed by atoms with van der Waals surface area (Å²) in [6.07, 6.45) is -0.252. The lowest BCUT2D eigenvalue weighted by Crippen LogP contribution is -2.38. The Kier molecular flexibility index (Phi) is 10.5. The molecule has 5 aromatic carbocycles. The minimum Gasteiger partial charge on any atom is -0.497 e. The molecule has 0 aliphatic heterocycles. The van der Waals surface area contributed by atoms with E-state index in [0.717, 1.165) is 26.7 Å². The van der Waals surface area contributed by atoms with Gasteiger partial charge in [-0.15, -0.1) is 0 Å². The number of benzene rings is 5. The Hall–Kier alpha value is -4.15. The Labute approximate surface area is 278 Å². The maximum absolute atomic E-state index is 12.0. The van der Waals surface area contributed by atoms with Crippen LogP contribution in [0.2, 0.25) is 0 Å². The van der Waals surface area contributed by atoms with Gasteiger partial charge in [0.05, 0.1) is 25.7 Å². The van der Waals surface area contributed by atoms with Crippen LogP contribution in [0.15, 0.2) is 131 Å². The first-order chi connectivity index (χ1) is 22.1. The molecule has 0 amide bonds. The van der Waals surface area contributed by atoms with Crippen molar-refractivity contribution in [1.82, 2.24) is 0 Å². The minimum atomic E-state index is -4.39. The lowest BCUT2D eigenvalue weighted by atomic mass is 9.80. The highest BCUT2D eigenvalue weighted by molar-refractivity contribution is 9.10. The molecule has 5 aromatic rings. The van der Waals surface area contributed by atoms with Crippen LogP contribution in [0, 0.1) is 6.92 Å². The highest BCUT2D eigenvalue weighted by Gasteiger charge is 2.39. The highest BCUT2D eigenvalue weighted by atomic mass is 79.9. The fourth-order valence-corrected chi connectivity index (χ4v) is 6.20. The molecule has 1 atom stereocenters. The van der Waals surface area contributed by atoms with Gasteiger partial charge in [-0.25, -0.2) is 0 Å². The van der Waals surface area contributed by atoms with E-state index in [4.69, 9.17) is 18.9 Å². The van der Waals surface area contributed by atoms with Crippen LogP contribution in [0.1, 0.15) is 27.8 Å². The van der Waals surface area contributed by atoms with Gasteiger partial charge < -0.3 is 18.9 Å². The lowest BCUT2D eigenvalue weighted by Gasteiger charge is -2.37. The van der Waals surface area contributed by atoms with Crippen molar-refractivity contribution < 1.29 is 31.9 Å². The maximum Gasteiger partial charge on any atom is 0.294 e. The summed E-state index contributed by atoms with van der Waals surface area (Å²) in [6, 6.07) is 37.6. The van der Waals surface area contributed by atoms with Crippen molar-refractivity contribution in [3.63, 3.8) is 0 Å². The average molecular weight is 704 g/mol. The fourth-order valence-electron chi connectivity index (χ4n) is 5.41. The number of hydrogen-bond donors (Lipinski definition) is 1. The van der Waals surface area contributed by atoms with Gasteiger partial charge in [-0.1, -0.05) is 76.6 Å². The zero-order chi connectivity index (χ0) is 32.7. The molecule has 0 spiro atoms. The first kappa shape index (κ1) is 33.2. The molecule has 1 N–H and O–H groups in total. The largest absolute Gasteiger partial charge is 0.497 e. The Morgan fingerprint density at radius 1 is 0.717 bits per heavy atom. The molecule has 0 bridgehead atoms. The summed E-state index contributed by atoms with van der Waals surface area (Å²) >= 11 is 3.48. The lowest BCUT2D eigenvalue weighted by molar-refractivity contribution is -0.0303. The average Bonchev–Trinajstić information content (AvgIpc) is 3.07. The predicted molar refractivity (Wildman–Crippen MR) is 182 cm³/mol. The standard InChI is InChI=1S/C37H35BrO7S/c1-26-9-22-36(46(39,40)41)24-27(26)23-35(45-34-20-14-31(38)15-21-34)25-44-37(28-7-5-4-6-8-28,29-10-16-32(42-2)17-11-29)30-12-18-33(43-3)19-13-30/h4-22,24,35H,23,25H2,1-3H3,(H,39,40,41). The van der Waals surface area contributed by atoms with Gasteiger partial charge in [0.15, 0.2) is 0 Å². The van der Waals surface area contributed by atoms with Gasteiger partial charge in [-0.2, -0.15) is 8.42 Å². The van der Waals surface area contributed by atoms with Gasteiger partial charge in [-0.3, -0.25) is 4.55 Å². The zero-order valence-electron chi connectivity index (χ0n) is 25.7. The molecule has 1 unspecified atom stereocenters. The Morgan fingerprint density at radius 3 is 1.76 bits per heavy atom. The Bertz CT molecular complexity index is 1790. The molecule has 0 heterocycles. The minimum absolute atomic E-state index is 0.110. The normalized spacial score (nSPS) is 12.4. The first-order valence-corrected chi connectivity index (χ1v) is 16.8. The van der Waals surface area contributed by atoms with E-state index in [2.05, 4.69) is 15.9 Å². The van der Waals surface area contributed by atoms with Crippen LogP contribution in [-0.4, -0.2) is 39.9 Å². The van der Waals surface area contributed by atoms with Crippen molar-refractivity contribution in [1.29, 1.82) is 0 Å². The van der Waals surface area contributed by atoms with E-state index in [0.29, 0.717) is 29.2 Å². The molecule has 0 aromatic heterocycles. The highest BCUT2D eigenvalue weighted by Crippen LogP contribution is 2.42. The quantitative estimate of drug-likeness (QED) is 0.0982. The zero-order valence-corrected chi connectivity index (χ0v) is 28.1. The molecule has 7 nitrogen and oxygen atoms in total. The van der Waals surface area contributed by atoms with Crippen LogP contribution in [0.4, 0.5) is 0 Å². The second-order valence-electron chi connectivity index (χ2n) is 10.8. The van der Waals surface area contributed by atoms with Crippen LogP contribution < -0.4 is 14.2 Å². The smallest absolute Gasteiger partial charge is 0.294 e. The van der Waals surface area contributed by atoms with E-state index in [9.17, 15) is 13.0 Å². The summed E-state index contributed by atoms with van der Waals surface area (Å²) in [7, 11) is -1.14. The van der Waals surface area contributed by atoms with E-state index in [-0.39, 0.29) is 11.5 Å². The van der Waals surface area contributed by atoms with Crippen LogP contribution in [0.5, 0.6) is 17.2 Å². The van der Waals surface area contributed by atoms with E-state index in [1.54, 1.807) is 20.3 Å². The maximum atomic E-state index is 12.0. The predicted octanol–water partition coefficient (Wildman–Crippen LogP) is 8.02. The first-order valence-electron chi connectivity index (χ1n) is 14.6. The van der Waals surface area contributed by atoms with Crippen molar-refractivity contribution >= 4 is 26.0 Å². The molecule has 5 rings (SSSR count). The van der Waals surface area contributed by atoms with Gasteiger partial charge >= 0.3 is 0 Å². The van der Waals surface area contributed by atoms with Crippen LogP contribution in [-0.2, 0) is 26.9 Å². The molecule has 0 fully saturated rings. The third-order valence-electron chi connectivity index (χ3n) is 7.84. The van der Waals surface area contributed by atoms with Crippen molar-refractivity contribution in [3.8, 4) is 17.2 Å². The van der Waals surface area contributed by atoms with E-state index in [1.165, 1.54) is 12.1 Å². The number of ether oxygens (including phenoxy) is 4. The molecule has 238 valence electrons. The third kappa shape index (κ3) is 7.62. The van der Waals surface area contributed by atoms with Gasteiger partial charge in [-0.05, 0) is 95.4 Å². The number of rotatable bonds is 13. The van der Waals surface area contributed by atoms with Gasteiger partial charge in [0, 0.05) is 10.9 Å². The number of hydrogen-bond acceptors (Lipinski definition) is 6. The van der Waals surface area contributed by atoms with Crippen molar-refractivity contribution in [3.05, 3.63) is 154 Å². The van der Waals surface area contributed by atoms with Gasteiger partial charge in [0.1, 0.15) is 29.0 Å². The molecule has 0 saturated carbocycles. The van der Waals surface area contributed by atoms with E-state index in [1.807, 2.05) is 110 Å². The van der Waals surface area contributed by atoms with E-state index >= 15 is 0 Å². The Balaban J connectivity index is 1.62. The molecule has 0 aliphatic carbocycles. The second-order valence-corrected chi connectivity index (χ2v) is 13.1. The monoisotopic (exact) mass is 702 g/mol. The van der Waals surface area contributed by atoms with Gasteiger partial charge in [0.2, 0.25) is 0 Å². The third-order valence-corrected chi connectivity index (χ3v) is 9.22. The summed E-state index contributed by atoms with van der Waals surface area (Å²) < 4.78 is 59.3. The van der Waals surface area contributed by atoms with Crippen LogP contribution in [0.3, 0.4) is 0 Å². The molecule has 0 saturated heterocycles. The van der Waals surface area contributed by atoms with E-state index < -0.39 is 21.8 Å². The summed E-state index contributed by atoms with van der Waals surface area (Å²) in [5.74, 6) is 2.05. The molecule has 0 aliphatic rings. The number of aryl methyl sites for hydroxylation is 1. The van der Waals surface area contributed by atoms with Crippen molar-refractivity contribution in [2.45, 2.75) is 29.9 Å². The molecular weight excluding hydrogens is 668 g/mol. The Morgan fingerprint density at radius 2 is 1.24 bits per heavy atom. The number of halogens is 1. The summed E-state index contributed by atoms with van der Waals surface area (Å²) in [6.45, 7) is 2.00.